The normalized spacial score (nSPS) is 24.3. The largest absolute Gasteiger partial charge is 0.229 e. The minimum absolute atomic E-state index is 0.556. The fraction of sp³-hybridized carbons (Fsp3) is 0.800. The molecule has 48 valence electrons. The number of aromatic nitrogens is 4. The van der Waals surface area contributed by atoms with Crippen LogP contribution in [-0.2, 0) is 6.54 Å². The van der Waals surface area contributed by atoms with Crippen LogP contribution in [0.5, 0.6) is 0 Å². The summed E-state index contributed by atoms with van der Waals surface area (Å²) in [5, 5.41) is 11.2. The standard InChI is InChI=1S/C5H8N4/c1-4-2-3-9-5(4)6-7-8-9/h4H,2-3H2,1H3. The van der Waals surface area contributed by atoms with E-state index in [-0.39, 0.29) is 0 Å². The fourth-order valence-electron chi connectivity index (χ4n) is 1.17. The molecule has 0 aliphatic carbocycles. The lowest BCUT2D eigenvalue weighted by Gasteiger charge is -1.91. The van der Waals surface area contributed by atoms with Gasteiger partial charge in [0.25, 0.3) is 0 Å². The van der Waals surface area contributed by atoms with Crippen molar-refractivity contribution < 1.29 is 0 Å². The van der Waals surface area contributed by atoms with Crippen LogP contribution in [0.25, 0.3) is 0 Å². The lowest BCUT2D eigenvalue weighted by Crippen LogP contribution is -1.94. The molecule has 1 aromatic heterocycles. The third kappa shape index (κ3) is 0.557. The fourth-order valence-corrected chi connectivity index (χ4v) is 1.17. The molecule has 0 amide bonds. The second-order valence-corrected chi connectivity index (χ2v) is 2.45. The van der Waals surface area contributed by atoms with Crippen LogP contribution in [0.1, 0.15) is 25.1 Å². The van der Waals surface area contributed by atoms with Crippen molar-refractivity contribution in [2.75, 3.05) is 0 Å². The van der Waals surface area contributed by atoms with Crippen LogP contribution in [0.4, 0.5) is 0 Å². The molecule has 0 aromatic carbocycles. The van der Waals surface area contributed by atoms with E-state index in [0.29, 0.717) is 5.92 Å². The summed E-state index contributed by atoms with van der Waals surface area (Å²) in [7, 11) is 0. The minimum atomic E-state index is 0.556. The predicted molar refractivity (Wildman–Crippen MR) is 30.8 cm³/mol. The van der Waals surface area contributed by atoms with E-state index in [9.17, 15) is 0 Å². The first-order chi connectivity index (χ1) is 4.38. The van der Waals surface area contributed by atoms with E-state index < -0.39 is 0 Å². The van der Waals surface area contributed by atoms with Gasteiger partial charge in [0.2, 0.25) is 0 Å². The molecule has 1 aromatic rings. The molecule has 9 heavy (non-hydrogen) atoms. The van der Waals surface area contributed by atoms with E-state index in [0.717, 1.165) is 18.8 Å². The number of rotatable bonds is 0. The van der Waals surface area contributed by atoms with E-state index in [2.05, 4.69) is 22.4 Å². The van der Waals surface area contributed by atoms with Crippen molar-refractivity contribution in [2.45, 2.75) is 25.8 Å². The first-order valence-electron chi connectivity index (χ1n) is 3.14. The van der Waals surface area contributed by atoms with Gasteiger partial charge >= 0.3 is 0 Å². The van der Waals surface area contributed by atoms with Crippen molar-refractivity contribution in [3.05, 3.63) is 5.82 Å². The number of tetrazole rings is 1. The maximum absolute atomic E-state index is 3.88. The molecule has 0 radical (unpaired) electrons. The highest BCUT2D eigenvalue weighted by molar-refractivity contribution is 4.95. The molecule has 2 heterocycles. The van der Waals surface area contributed by atoms with Crippen LogP contribution in [0.2, 0.25) is 0 Å². The average Bonchev–Trinajstić information content (AvgIpc) is 2.35. The van der Waals surface area contributed by atoms with Crippen molar-refractivity contribution in [2.24, 2.45) is 0 Å². The molecule has 4 nitrogen and oxygen atoms in total. The zero-order chi connectivity index (χ0) is 6.27. The Balaban J connectivity index is 2.49. The van der Waals surface area contributed by atoms with Gasteiger partial charge in [-0.3, -0.25) is 0 Å². The van der Waals surface area contributed by atoms with Gasteiger partial charge in [0.15, 0.2) is 5.82 Å². The van der Waals surface area contributed by atoms with Gasteiger partial charge in [-0.25, -0.2) is 4.68 Å². The second-order valence-electron chi connectivity index (χ2n) is 2.45. The van der Waals surface area contributed by atoms with E-state index in [1.807, 2.05) is 4.68 Å². The lowest BCUT2D eigenvalue weighted by molar-refractivity contribution is 0.606. The molecule has 1 aliphatic heterocycles. The number of aryl methyl sites for hydroxylation is 1. The number of hydrogen-bond acceptors (Lipinski definition) is 3. The average molecular weight is 124 g/mol. The third-order valence-electron chi connectivity index (χ3n) is 1.77. The van der Waals surface area contributed by atoms with Gasteiger partial charge < -0.3 is 0 Å². The Morgan fingerprint density at radius 3 is 3.33 bits per heavy atom. The highest BCUT2D eigenvalue weighted by atomic mass is 15.5. The van der Waals surface area contributed by atoms with Crippen molar-refractivity contribution in [3.8, 4) is 0 Å². The monoisotopic (exact) mass is 124 g/mol. The molecule has 0 spiro atoms. The zero-order valence-electron chi connectivity index (χ0n) is 5.28. The van der Waals surface area contributed by atoms with Gasteiger partial charge in [0.05, 0.1) is 0 Å². The summed E-state index contributed by atoms with van der Waals surface area (Å²) in [6.07, 6.45) is 1.16. The summed E-state index contributed by atoms with van der Waals surface area (Å²) >= 11 is 0. The van der Waals surface area contributed by atoms with Gasteiger partial charge in [-0.05, 0) is 16.8 Å². The Kier molecular flexibility index (Phi) is 0.831. The highest BCUT2D eigenvalue weighted by Crippen LogP contribution is 2.22. The Morgan fingerprint density at radius 2 is 2.56 bits per heavy atom. The molecule has 1 atom stereocenters. The number of hydrogen-bond donors (Lipinski definition) is 0. The molecule has 0 fully saturated rings. The molecular formula is C5H8N4. The molecule has 1 aliphatic rings. The third-order valence-corrected chi connectivity index (χ3v) is 1.77. The van der Waals surface area contributed by atoms with Gasteiger partial charge in [0, 0.05) is 12.5 Å². The molecule has 1 unspecified atom stereocenters. The van der Waals surface area contributed by atoms with Crippen LogP contribution in [-0.4, -0.2) is 20.2 Å². The molecule has 0 saturated heterocycles. The molecule has 0 bridgehead atoms. The summed E-state index contributed by atoms with van der Waals surface area (Å²) in [5.74, 6) is 1.59. The summed E-state index contributed by atoms with van der Waals surface area (Å²) < 4.78 is 1.87. The second kappa shape index (κ2) is 1.52. The van der Waals surface area contributed by atoms with Gasteiger partial charge in [0.1, 0.15) is 0 Å². The van der Waals surface area contributed by atoms with Crippen molar-refractivity contribution in [1.82, 2.24) is 20.2 Å². The lowest BCUT2D eigenvalue weighted by atomic mass is 10.1. The SMILES string of the molecule is CC1CCn2nnnc21. The van der Waals surface area contributed by atoms with E-state index >= 15 is 0 Å². The van der Waals surface area contributed by atoms with Gasteiger partial charge in [-0.15, -0.1) is 5.10 Å². The molecule has 2 rings (SSSR count). The molecular weight excluding hydrogens is 116 g/mol. The highest BCUT2D eigenvalue weighted by Gasteiger charge is 2.20. The number of fused-ring (bicyclic) bond motifs is 1. The molecule has 4 heteroatoms. The topological polar surface area (TPSA) is 43.6 Å². The Morgan fingerprint density at radius 1 is 1.67 bits per heavy atom. The predicted octanol–water partition coefficient (Wildman–Crippen LogP) is 0.180. The van der Waals surface area contributed by atoms with Crippen LogP contribution >= 0.6 is 0 Å². The molecule has 0 N–H and O–H groups in total. The smallest absolute Gasteiger partial charge is 0.154 e. The minimum Gasteiger partial charge on any atom is -0.229 e. The summed E-state index contributed by atoms with van der Waals surface area (Å²) in [6.45, 7) is 3.14. The Hall–Kier alpha value is -0.930. The van der Waals surface area contributed by atoms with Crippen molar-refractivity contribution >= 4 is 0 Å². The zero-order valence-corrected chi connectivity index (χ0v) is 5.28. The summed E-state index contributed by atoms with van der Waals surface area (Å²) in [6, 6.07) is 0. The first-order valence-corrected chi connectivity index (χ1v) is 3.14. The van der Waals surface area contributed by atoms with Crippen LogP contribution < -0.4 is 0 Å². The number of nitrogens with zero attached hydrogens (tertiary/aromatic N) is 4. The van der Waals surface area contributed by atoms with E-state index in [1.54, 1.807) is 0 Å². The van der Waals surface area contributed by atoms with Gasteiger partial charge in [-0.2, -0.15) is 0 Å². The van der Waals surface area contributed by atoms with Crippen LogP contribution in [0.3, 0.4) is 0 Å². The Labute approximate surface area is 52.9 Å². The van der Waals surface area contributed by atoms with Crippen LogP contribution in [0, 0.1) is 0 Å². The summed E-state index contributed by atoms with van der Waals surface area (Å²) in [5.41, 5.74) is 0. The summed E-state index contributed by atoms with van der Waals surface area (Å²) in [4.78, 5) is 0. The van der Waals surface area contributed by atoms with E-state index in [1.165, 1.54) is 0 Å². The van der Waals surface area contributed by atoms with E-state index in [4.69, 9.17) is 0 Å². The van der Waals surface area contributed by atoms with Crippen molar-refractivity contribution in [3.63, 3.8) is 0 Å². The maximum Gasteiger partial charge on any atom is 0.154 e. The Bertz CT molecular complexity index is 216. The van der Waals surface area contributed by atoms with Crippen LogP contribution in [0.15, 0.2) is 0 Å². The molecule has 0 saturated carbocycles. The first kappa shape index (κ1) is 4.90. The maximum atomic E-state index is 3.88. The van der Waals surface area contributed by atoms with Gasteiger partial charge in [-0.1, -0.05) is 6.92 Å². The van der Waals surface area contributed by atoms with Crippen molar-refractivity contribution in [1.29, 1.82) is 0 Å². The quantitative estimate of drug-likeness (QED) is 0.495.